The molecule has 0 aliphatic carbocycles. The zero-order chi connectivity index (χ0) is 17.8. The lowest BCUT2D eigenvalue weighted by Crippen LogP contribution is -2.26. The first-order valence-electron chi connectivity index (χ1n) is 7.78. The molecule has 128 valence electrons. The monoisotopic (exact) mass is 371 g/mol. The standard InChI is InChI=1S/C19H18ClN3OS/c1-22(2)18(24)17(14-7-4-3-5-8-14)25-19-21-11-12-23(19)16-10-6-9-15(20)13-16/h3-13,17H,1-2H3. The molecule has 0 radical (unpaired) electrons. The van der Waals surface area contributed by atoms with Gasteiger partial charge >= 0.3 is 0 Å². The van der Waals surface area contributed by atoms with E-state index in [0.29, 0.717) is 5.02 Å². The van der Waals surface area contributed by atoms with Crippen LogP contribution in [0.5, 0.6) is 0 Å². The van der Waals surface area contributed by atoms with Gasteiger partial charge in [-0.25, -0.2) is 4.98 Å². The predicted octanol–water partition coefficient (Wildman–Crippen LogP) is 4.45. The van der Waals surface area contributed by atoms with Gasteiger partial charge in [0.1, 0.15) is 5.25 Å². The van der Waals surface area contributed by atoms with Crippen LogP contribution in [0.15, 0.2) is 72.1 Å². The molecular weight excluding hydrogens is 354 g/mol. The van der Waals surface area contributed by atoms with Crippen molar-refractivity contribution in [1.82, 2.24) is 14.5 Å². The molecule has 3 aromatic rings. The number of imidazole rings is 1. The summed E-state index contributed by atoms with van der Waals surface area (Å²) in [7, 11) is 3.53. The number of nitrogens with zero attached hydrogens (tertiary/aromatic N) is 3. The Labute approximate surface area is 156 Å². The molecule has 0 saturated carbocycles. The summed E-state index contributed by atoms with van der Waals surface area (Å²) >= 11 is 7.54. The van der Waals surface area contributed by atoms with Crippen LogP contribution < -0.4 is 0 Å². The Hall–Kier alpha value is -2.24. The number of rotatable bonds is 5. The summed E-state index contributed by atoms with van der Waals surface area (Å²) in [6.07, 6.45) is 3.60. The van der Waals surface area contributed by atoms with E-state index in [-0.39, 0.29) is 11.2 Å². The van der Waals surface area contributed by atoms with Crippen molar-refractivity contribution in [1.29, 1.82) is 0 Å². The highest BCUT2D eigenvalue weighted by atomic mass is 35.5. The van der Waals surface area contributed by atoms with Crippen LogP contribution in [0, 0.1) is 0 Å². The Balaban J connectivity index is 1.96. The summed E-state index contributed by atoms with van der Waals surface area (Å²) < 4.78 is 1.94. The minimum atomic E-state index is -0.364. The highest BCUT2D eigenvalue weighted by molar-refractivity contribution is 8.00. The van der Waals surface area contributed by atoms with Crippen molar-refractivity contribution in [3.05, 3.63) is 77.6 Å². The fourth-order valence-electron chi connectivity index (χ4n) is 2.43. The fourth-order valence-corrected chi connectivity index (χ4v) is 3.83. The van der Waals surface area contributed by atoms with E-state index in [9.17, 15) is 4.79 Å². The molecule has 1 unspecified atom stereocenters. The minimum Gasteiger partial charge on any atom is -0.348 e. The Morgan fingerprint density at radius 3 is 2.60 bits per heavy atom. The molecule has 1 atom stereocenters. The number of halogens is 1. The molecule has 2 aromatic carbocycles. The minimum absolute atomic E-state index is 0.0249. The van der Waals surface area contributed by atoms with Gasteiger partial charge in [-0.05, 0) is 23.8 Å². The van der Waals surface area contributed by atoms with E-state index in [1.807, 2.05) is 65.4 Å². The Morgan fingerprint density at radius 2 is 1.92 bits per heavy atom. The Kier molecular flexibility index (Phi) is 5.46. The number of likely N-dealkylation sites (N-methyl/N-ethyl adjacent to an activating group) is 1. The molecule has 25 heavy (non-hydrogen) atoms. The number of hydrogen-bond acceptors (Lipinski definition) is 3. The van der Waals surface area contributed by atoms with Crippen LogP contribution in [0.2, 0.25) is 5.02 Å². The molecule has 0 bridgehead atoms. The normalized spacial score (nSPS) is 12.0. The number of thioether (sulfide) groups is 1. The molecule has 1 aromatic heterocycles. The predicted molar refractivity (Wildman–Crippen MR) is 102 cm³/mol. The summed E-state index contributed by atoms with van der Waals surface area (Å²) in [6, 6.07) is 17.3. The van der Waals surface area contributed by atoms with E-state index in [1.54, 1.807) is 25.2 Å². The molecule has 0 N–H and O–H groups in total. The first kappa shape index (κ1) is 17.6. The van der Waals surface area contributed by atoms with Gasteiger partial charge < -0.3 is 4.90 Å². The molecule has 0 aliphatic rings. The van der Waals surface area contributed by atoms with Gasteiger partial charge in [0.25, 0.3) is 0 Å². The van der Waals surface area contributed by atoms with Crippen molar-refractivity contribution in [2.45, 2.75) is 10.4 Å². The zero-order valence-corrected chi connectivity index (χ0v) is 15.5. The average molecular weight is 372 g/mol. The third-order valence-corrected chi connectivity index (χ3v) is 5.14. The van der Waals surface area contributed by atoms with Crippen LogP contribution in [0.4, 0.5) is 0 Å². The molecule has 6 heteroatoms. The number of aromatic nitrogens is 2. The molecule has 4 nitrogen and oxygen atoms in total. The van der Waals surface area contributed by atoms with Crippen LogP contribution in [0.1, 0.15) is 10.8 Å². The molecule has 1 heterocycles. The highest BCUT2D eigenvalue weighted by Gasteiger charge is 2.25. The van der Waals surface area contributed by atoms with Crippen molar-refractivity contribution in [2.75, 3.05) is 14.1 Å². The second-order valence-corrected chi connectivity index (χ2v) is 7.21. The van der Waals surface area contributed by atoms with Crippen molar-refractivity contribution < 1.29 is 4.79 Å². The summed E-state index contributed by atoms with van der Waals surface area (Å²) in [6.45, 7) is 0. The SMILES string of the molecule is CN(C)C(=O)C(Sc1nccn1-c1cccc(Cl)c1)c1ccccc1. The van der Waals surface area contributed by atoms with E-state index in [0.717, 1.165) is 16.4 Å². The second-order valence-electron chi connectivity index (χ2n) is 5.70. The van der Waals surface area contributed by atoms with Crippen LogP contribution in [-0.2, 0) is 4.79 Å². The zero-order valence-electron chi connectivity index (χ0n) is 14.0. The van der Waals surface area contributed by atoms with Gasteiger partial charge in [-0.3, -0.25) is 9.36 Å². The van der Waals surface area contributed by atoms with Gasteiger partial charge in [0.05, 0.1) is 0 Å². The lowest BCUT2D eigenvalue weighted by molar-refractivity contribution is -0.128. The summed E-state index contributed by atoms with van der Waals surface area (Å²) in [5, 5.41) is 1.04. The lowest BCUT2D eigenvalue weighted by Gasteiger charge is -2.20. The number of carbonyl (C=O) groups is 1. The third kappa shape index (κ3) is 4.06. The Morgan fingerprint density at radius 1 is 1.16 bits per heavy atom. The Bertz CT molecular complexity index is 864. The number of benzene rings is 2. The number of carbonyl (C=O) groups excluding carboxylic acids is 1. The largest absolute Gasteiger partial charge is 0.348 e. The molecule has 3 rings (SSSR count). The maximum Gasteiger partial charge on any atom is 0.240 e. The summed E-state index contributed by atoms with van der Waals surface area (Å²) in [4.78, 5) is 18.8. The second kappa shape index (κ2) is 7.76. The smallest absolute Gasteiger partial charge is 0.240 e. The van der Waals surface area contributed by atoms with Gasteiger partial charge in [0, 0.05) is 37.2 Å². The van der Waals surface area contributed by atoms with Crippen LogP contribution >= 0.6 is 23.4 Å². The van der Waals surface area contributed by atoms with E-state index in [1.165, 1.54) is 11.8 Å². The van der Waals surface area contributed by atoms with E-state index in [4.69, 9.17) is 11.6 Å². The van der Waals surface area contributed by atoms with Gasteiger partial charge in [-0.15, -0.1) is 0 Å². The maximum atomic E-state index is 12.7. The van der Waals surface area contributed by atoms with Gasteiger partial charge in [-0.1, -0.05) is 59.8 Å². The van der Waals surface area contributed by atoms with E-state index >= 15 is 0 Å². The van der Waals surface area contributed by atoms with Gasteiger partial charge in [0.2, 0.25) is 5.91 Å². The van der Waals surface area contributed by atoms with E-state index in [2.05, 4.69) is 4.98 Å². The number of hydrogen-bond donors (Lipinski definition) is 0. The van der Waals surface area contributed by atoms with Crippen molar-refractivity contribution in [2.24, 2.45) is 0 Å². The molecule has 0 spiro atoms. The maximum absolute atomic E-state index is 12.7. The molecule has 0 saturated heterocycles. The topological polar surface area (TPSA) is 38.1 Å². The van der Waals surface area contributed by atoms with E-state index < -0.39 is 0 Å². The van der Waals surface area contributed by atoms with Gasteiger partial charge in [-0.2, -0.15) is 0 Å². The van der Waals surface area contributed by atoms with Crippen molar-refractivity contribution in [3.63, 3.8) is 0 Å². The lowest BCUT2D eigenvalue weighted by atomic mass is 10.1. The third-order valence-electron chi connectivity index (χ3n) is 3.68. The molecule has 0 fully saturated rings. The first-order valence-corrected chi connectivity index (χ1v) is 9.04. The van der Waals surface area contributed by atoms with Crippen LogP contribution in [0.25, 0.3) is 5.69 Å². The first-order chi connectivity index (χ1) is 12.1. The van der Waals surface area contributed by atoms with Crippen molar-refractivity contribution in [3.8, 4) is 5.69 Å². The average Bonchev–Trinajstić information content (AvgIpc) is 3.08. The van der Waals surface area contributed by atoms with Crippen LogP contribution in [-0.4, -0.2) is 34.5 Å². The highest BCUT2D eigenvalue weighted by Crippen LogP contribution is 2.36. The number of amides is 1. The van der Waals surface area contributed by atoms with Crippen molar-refractivity contribution >= 4 is 29.3 Å². The summed E-state index contributed by atoms with van der Waals surface area (Å²) in [5.41, 5.74) is 1.86. The van der Waals surface area contributed by atoms with Crippen LogP contribution in [0.3, 0.4) is 0 Å². The summed E-state index contributed by atoms with van der Waals surface area (Å²) in [5.74, 6) is 0.0249. The van der Waals surface area contributed by atoms with Gasteiger partial charge in [0.15, 0.2) is 5.16 Å². The molecular formula is C19H18ClN3OS. The fraction of sp³-hybridized carbons (Fsp3) is 0.158. The quantitative estimate of drug-likeness (QED) is 0.622. The molecule has 0 aliphatic heterocycles. The molecule has 1 amide bonds.